The molecule has 0 radical (unpaired) electrons. The van der Waals surface area contributed by atoms with E-state index in [0.29, 0.717) is 36.9 Å². The smallest absolute Gasteiger partial charge is 0.411 e. The molecule has 132 valence electrons. The summed E-state index contributed by atoms with van der Waals surface area (Å²) in [4.78, 5) is 24.8. The van der Waals surface area contributed by atoms with Crippen molar-refractivity contribution in [2.45, 2.75) is 12.8 Å². The van der Waals surface area contributed by atoms with Gasteiger partial charge < -0.3 is 19.1 Å². The van der Waals surface area contributed by atoms with Crippen molar-refractivity contribution >= 4 is 29.6 Å². The van der Waals surface area contributed by atoms with Crippen LogP contribution in [0.15, 0.2) is 18.2 Å². The Morgan fingerprint density at radius 2 is 1.96 bits per heavy atom. The zero-order chi connectivity index (χ0) is 17.5. The highest BCUT2D eigenvalue weighted by atomic mass is 32.1. The number of hydrogen-bond donors (Lipinski definition) is 2. The van der Waals surface area contributed by atoms with Gasteiger partial charge in [0.1, 0.15) is 11.5 Å². The van der Waals surface area contributed by atoms with E-state index in [2.05, 4.69) is 17.9 Å². The molecule has 2 amide bonds. The fourth-order valence-corrected chi connectivity index (χ4v) is 2.73. The SMILES string of the molecule is COc1ccc(NC(=O)OCC2CCN(C(=O)S)CC2)c(OC)c1. The van der Waals surface area contributed by atoms with Crippen molar-refractivity contribution in [2.24, 2.45) is 5.92 Å². The number of carbonyl (C=O) groups excluding carboxylic acids is 2. The van der Waals surface area contributed by atoms with E-state index in [1.165, 1.54) is 7.11 Å². The van der Waals surface area contributed by atoms with Crippen molar-refractivity contribution < 1.29 is 23.8 Å². The van der Waals surface area contributed by atoms with E-state index in [1.54, 1.807) is 30.2 Å². The highest BCUT2D eigenvalue weighted by Crippen LogP contribution is 2.29. The molecule has 1 aliphatic rings. The molecule has 0 atom stereocenters. The Balaban J connectivity index is 1.81. The maximum atomic E-state index is 12.0. The first-order chi connectivity index (χ1) is 11.5. The van der Waals surface area contributed by atoms with Gasteiger partial charge in [-0.1, -0.05) is 12.6 Å². The minimum absolute atomic E-state index is 0.210. The third kappa shape index (κ3) is 4.95. The summed E-state index contributed by atoms with van der Waals surface area (Å²) < 4.78 is 15.6. The van der Waals surface area contributed by atoms with Crippen molar-refractivity contribution in [1.29, 1.82) is 0 Å². The van der Waals surface area contributed by atoms with Crippen LogP contribution in [0.2, 0.25) is 0 Å². The number of hydrogen-bond acceptors (Lipinski definition) is 5. The molecular formula is C16H22N2O5S. The van der Waals surface area contributed by atoms with Crippen LogP contribution in [0.1, 0.15) is 12.8 Å². The average Bonchev–Trinajstić information content (AvgIpc) is 2.60. The molecule has 8 heteroatoms. The molecule has 0 unspecified atom stereocenters. The fraction of sp³-hybridized carbons (Fsp3) is 0.500. The van der Waals surface area contributed by atoms with Gasteiger partial charge in [0.15, 0.2) is 0 Å². The molecule has 1 aliphatic heterocycles. The molecule has 0 spiro atoms. The molecule has 1 fully saturated rings. The van der Waals surface area contributed by atoms with E-state index in [9.17, 15) is 9.59 Å². The summed E-state index contributed by atoms with van der Waals surface area (Å²) in [6, 6.07) is 5.10. The molecule has 0 aliphatic carbocycles. The Hall–Kier alpha value is -2.09. The number of anilines is 1. The minimum Gasteiger partial charge on any atom is -0.497 e. The van der Waals surface area contributed by atoms with Crippen LogP contribution in [0.3, 0.4) is 0 Å². The summed E-state index contributed by atoms with van der Waals surface area (Å²) in [5.41, 5.74) is 0.513. The molecule has 1 heterocycles. The number of methoxy groups -OCH3 is 2. The van der Waals surface area contributed by atoms with Gasteiger partial charge in [0, 0.05) is 19.2 Å². The van der Waals surface area contributed by atoms with Gasteiger partial charge in [-0.3, -0.25) is 10.1 Å². The summed E-state index contributed by atoms with van der Waals surface area (Å²) in [5, 5.41) is 2.45. The van der Waals surface area contributed by atoms with E-state index in [4.69, 9.17) is 14.2 Å². The number of amides is 2. The predicted octanol–water partition coefficient (Wildman–Crippen LogP) is 3.01. The Labute approximate surface area is 146 Å². The average molecular weight is 354 g/mol. The van der Waals surface area contributed by atoms with Crippen molar-refractivity contribution in [2.75, 3.05) is 39.2 Å². The standard InChI is InChI=1S/C16H22N2O5S/c1-21-12-3-4-13(14(9-12)22-2)17-15(19)23-10-11-5-7-18(8-6-11)16(20)24/h3-4,9,11H,5-8,10H2,1-2H3,(H,17,19)(H,20,24). The Bertz CT molecular complexity index is 588. The van der Waals surface area contributed by atoms with Crippen LogP contribution in [0, 0.1) is 5.92 Å². The zero-order valence-corrected chi connectivity index (χ0v) is 14.7. The van der Waals surface area contributed by atoms with Crippen molar-refractivity contribution in [1.82, 2.24) is 4.90 Å². The second-order valence-corrected chi connectivity index (χ2v) is 5.89. The van der Waals surface area contributed by atoms with Crippen LogP contribution in [0.25, 0.3) is 0 Å². The van der Waals surface area contributed by atoms with Gasteiger partial charge in [-0.15, -0.1) is 0 Å². The van der Waals surface area contributed by atoms with Crippen molar-refractivity contribution in [3.05, 3.63) is 18.2 Å². The van der Waals surface area contributed by atoms with Gasteiger partial charge in [0.25, 0.3) is 5.24 Å². The number of piperidine rings is 1. The van der Waals surface area contributed by atoms with Crippen LogP contribution < -0.4 is 14.8 Å². The third-order valence-corrected chi connectivity index (χ3v) is 4.26. The van der Waals surface area contributed by atoms with Gasteiger partial charge in [-0.05, 0) is 30.9 Å². The summed E-state index contributed by atoms with van der Waals surface area (Å²) in [7, 11) is 3.07. The monoisotopic (exact) mass is 354 g/mol. The molecule has 1 saturated heterocycles. The first-order valence-electron chi connectivity index (χ1n) is 7.67. The van der Waals surface area contributed by atoms with E-state index >= 15 is 0 Å². The van der Waals surface area contributed by atoms with Crippen LogP contribution >= 0.6 is 12.6 Å². The van der Waals surface area contributed by atoms with Crippen LogP contribution in [0.4, 0.5) is 15.3 Å². The molecule has 1 aromatic rings. The van der Waals surface area contributed by atoms with Crippen molar-refractivity contribution in [3.8, 4) is 11.5 Å². The summed E-state index contributed by atoms with van der Waals surface area (Å²) in [6.45, 7) is 1.60. The Morgan fingerprint density at radius 3 is 2.54 bits per heavy atom. The normalized spacial score (nSPS) is 14.9. The third-order valence-electron chi connectivity index (χ3n) is 3.98. The number of thiol groups is 1. The van der Waals surface area contributed by atoms with Gasteiger partial charge in [-0.25, -0.2) is 4.79 Å². The molecule has 7 nitrogen and oxygen atoms in total. The first kappa shape index (κ1) is 18.3. The molecule has 0 bridgehead atoms. The maximum absolute atomic E-state index is 12.0. The number of carbonyl (C=O) groups is 2. The van der Waals surface area contributed by atoms with E-state index in [0.717, 1.165) is 12.8 Å². The molecule has 2 rings (SSSR count). The second kappa shape index (κ2) is 8.68. The van der Waals surface area contributed by atoms with E-state index in [1.807, 2.05) is 0 Å². The number of nitrogens with zero attached hydrogens (tertiary/aromatic N) is 1. The number of ether oxygens (including phenoxy) is 3. The van der Waals surface area contributed by atoms with Crippen LogP contribution in [-0.4, -0.2) is 50.1 Å². The zero-order valence-electron chi connectivity index (χ0n) is 13.8. The molecule has 24 heavy (non-hydrogen) atoms. The lowest BCUT2D eigenvalue weighted by molar-refractivity contribution is 0.115. The van der Waals surface area contributed by atoms with E-state index in [-0.39, 0.29) is 11.2 Å². The summed E-state index contributed by atoms with van der Waals surface area (Å²) in [5.74, 6) is 1.38. The highest BCUT2D eigenvalue weighted by molar-refractivity contribution is 7.96. The first-order valence-corrected chi connectivity index (χ1v) is 8.12. The predicted molar refractivity (Wildman–Crippen MR) is 93.2 cm³/mol. The lowest BCUT2D eigenvalue weighted by Gasteiger charge is -2.30. The fourth-order valence-electron chi connectivity index (χ4n) is 2.53. The quantitative estimate of drug-likeness (QED) is 0.795. The molecular weight excluding hydrogens is 332 g/mol. The largest absolute Gasteiger partial charge is 0.497 e. The van der Waals surface area contributed by atoms with Gasteiger partial charge in [0.05, 0.1) is 26.5 Å². The molecule has 0 saturated carbocycles. The number of likely N-dealkylation sites (tertiary alicyclic amines) is 1. The summed E-state index contributed by atoms with van der Waals surface area (Å²) >= 11 is 3.81. The van der Waals surface area contributed by atoms with Gasteiger partial charge in [0.2, 0.25) is 0 Å². The van der Waals surface area contributed by atoms with Crippen molar-refractivity contribution in [3.63, 3.8) is 0 Å². The minimum atomic E-state index is -0.536. The summed E-state index contributed by atoms with van der Waals surface area (Å²) in [6.07, 6.45) is 1.06. The lowest BCUT2D eigenvalue weighted by Crippen LogP contribution is -2.37. The van der Waals surface area contributed by atoms with Gasteiger partial charge >= 0.3 is 6.09 Å². The van der Waals surface area contributed by atoms with E-state index < -0.39 is 6.09 Å². The molecule has 0 aromatic heterocycles. The number of rotatable bonds is 5. The highest BCUT2D eigenvalue weighted by Gasteiger charge is 2.22. The Morgan fingerprint density at radius 1 is 1.25 bits per heavy atom. The van der Waals surface area contributed by atoms with Crippen LogP contribution in [-0.2, 0) is 4.74 Å². The number of benzene rings is 1. The topological polar surface area (TPSA) is 77.1 Å². The Kier molecular flexibility index (Phi) is 6.60. The van der Waals surface area contributed by atoms with Gasteiger partial charge in [-0.2, -0.15) is 0 Å². The molecule has 1 aromatic carbocycles. The second-order valence-electron chi connectivity index (χ2n) is 5.50. The number of nitrogens with one attached hydrogen (secondary N) is 1. The molecule has 1 N–H and O–H groups in total. The maximum Gasteiger partial charge on any atom is 0.411 e. The van der Waals surface area contributed by atoms with Crippen LogP contribution in [0.5, 0.6) is 11.5 Å². The lowest BCUT2D eigenvalue weighted by atomic mass is 9.98.